The van der Waals surface area contributed by atoms with E-state index in [4.69, 9.17) is 4.42 Å². The van der Waals surface area contributed by atoms with E-state index >= 15 is 0 Å². The van der Waals surface area contributed by atoms with Crippen LogP contribution in [0.1, 0.15) is 0 Å². The van der Waals surface area contributed by atoms with Gasteiger partial charge in [-0.3, -0.25) is 0 Å². The molecule has 0 bridgehead atoms. The first-order chi connectivity index (χ1) is 26.7. The van der Waals surface area contributed by atoms with Crippen LogP contribution in [-0.2, 0) is 0 Å². The molecule has 1 heterocycles. The number of fused-ring (bicyclic) bond motifs is 4. The summed E-state index contributed by atoms with van der Waals surface area (Å²) in [6.45, 7) is 0. The number of anilines is 3. The fraction of sp³-hybridized carbons (Fsp3) is 0. The van der Waals surface area contributed by atoms with Gasteiger partial charge >= 0.3 is 0 Å². The molecule has 1 aromatic heterocycles. The molecule has 2 nitrogen and oxygen atoms in total. The van der Waals surface area contributed by atoms with Crippen LogP contribution in [0.5, 0.6) is 0 Å². The van der Waals surface area contributed by atoms with Gasteiger partial charge in [-0.25, -0.2) is 0 Å². The third kappa shape index (κ3) is 5.90. The number of hydrogen-bond donors (Lipinski definition) is 0. The average molecular weight is 690 g/mol. The van der Waals surface area contributed by atoms with Crippen LogP contribution >= 0.6 is 0 Å². The summed E-state index contributed by atoms with van der Waals surface area (Å²) in [6.07, 6.45) is 0. The van der Waals surface area contributed by atoms with Crippen molar-refractivity contribution in [3.63, 3.8) is 0 Å². The van der Waals surface area contributed by atoms with Gasteiger partial charge in [0, 0.05) is 27.8 Å². The molecule has 10 aromatic rings. The molecule has 0 fully saturated rings. The molecule has 10 rings (SSSR count). The quantitative estimate of drug-likeness (QED) is 0.166. The van der Waals surface area contributed by atoms with Gasteiger partial charge in [-0.1, -0.05) is 152 Å². The minimum Gasteiger partial charge on any atom is -0.456 e. The zero-order valence-corrected chi connectivity index (χ0v) is 29.6. The molecular weight excluding hydrogens is 655 g/mol. The van der Waals surface area contributed by atoms with Crippen LogP contribution in [0.3, 0.4) is 0 Å². The van der Waals surface area contributed by atoms with Gasteiger partial charge in [0.1, 0.15) is 11.2 Å². The normalized spacial score (nSPS) is 11.3. The Labute approximate surface area is 314 Å². The molecule has 0 aliphatic rings. The van der Waals surface area contributed by atoms with Gasteiger partial charge < -0.3 is 9.32 Å². The van der Waals surface area contributed by atoms with Crippen molar-refractivity contribution in [2.75, 3.05) is 4.90 Å². The molecule has 0 radical (unpaired) electrons. The first-order valence-corrected chi connectivity index (χ1v) is 18.4. The maximum Gasteiger partial charge on any atom is 0.135 e. The summed E-state index contributed by atoms with van der Waals surface area (Å²) < 4.78 is 6.14. The summed E-state index contributed by atoms with van der Waals surface area (Å²) in [7, 11) is 0. The maximum absolute atomic E-state index is 6.14. The van der Waals surface area contributed by atoms with Crippen LogP contribution in [0.25, 0.3) is 77.2 Å². The zero-order chi connectivity index (χ0) is 35.8. The third-order valence-corrected chi connectivity index (χ3v) is 10.5. The molecule has 0 N–H and O–H groups in total. The van der Waals surface area contributed by atoms with Crippen molar-refractivity contribution in [3.8, 4) is 44.5 Å². The lowest BCUT2D eigenvalue weighted by atomic mass is 9.99. The number of hydrogen-bond acceptors (Lipinski definition) is 2. The summed E-state index contributed by atoms with van der Waals surface area (Å²) in [5.41, 5.74) is 14.6. The van der Waals surface area contributed by atoms with E-state index in [2.05, 4.69) is 205 Å². The molecule has 0 atom stereocenters. The molecule has 0 saturated heterocycles. The van der Waals surface area contributed by atoms with Gasteiger partial charge in [0.2, 0.25) is 0 Å². The number of para-hydroxylation sites is 1. The highest BCUT2D eigenvalue weighted by Crippen LogP contribution is 2.40. The Morgan fingerprint density at radius 2 is 0.741 bits per heavy atom. The molecule has 0 unspecified atom stereocenters. The second-order valence-electron chi connectivity index (χ2n) is 13.8. The minimum atomic E-state index is 0.902. The van der Waals surface area contributed by atoms with E-state index in [-0.39, 0.29) is 0 Å². The van der Waals surface area contributed by atoms with Crippen molar-refractivity contribution < 1.29 is 4.42 Å². The lowest BCUT2D eigenvalue weighted by Crippen LogP contribution is -2.10. The molecule has 9 aromatic carbocycles. The Hall–Kier alpha value is -7.16. The standard InChI is InChI=1S/C52H35NO/c1-2-9-36(10-3-1)38-17-19-39(20-18-38)40-23-28-46(29-24-40)53(47-30-25-41(26-31-47)44-22-21-37-11-4-5-12-42(37)33-44)48-14-8-13-43(34-48)45-27-32-52-50(35-45)49-15-6-7-16-51(49)54-52/h1-35H. The first kappa shape index (κ1) is 31.6. The van der Waals surface area contributed by atoms with Crippen molar-refractivity contribution >= 4 is 49.8 Å². The van der Waals surface area contributed by atoms with E-state index in [1.54, 1.807) is 0 Å². The monoisotopic (exact) mass is 689 g/mol. The molecule has 0 saturated carbocycles. The molecule has 0 aliphatic heterocycles. The summed E-state index contributed by atoms with van der Waals surface area (Å²) in [4.78, 5) is 2.35. The molecule has 54 heavy (non-hydrogen) atoms. The SMILES string of the molecule is c1ccc(-c2ccc(-c3ccc(N(c4ccc(-c5ccc6ccccc6c5)cc4)c4cccc(-c5ccc6oc7ccccc7c6c5)c4)cc3)cc2)cc1. The third-order valence-electron chi connectivity index (χ3n) is 10.5. The molecule has 254 valence electrons. The Morgan fingerprint density at radius 1 is 0.259 bits per heavy atom. The number of furan rings is 1. The largest absolute Gasteiger partial charge is 0.456 e. The Balaban J connectivity index is 1.03. The predicted octanol–water partition coefficient (Wildman–Crippen LogP) is 14.9. The molecular formula is C52H35NO. The van der Waals surface area contributed by atoms with Gasteiger partial charge in [0.05, 0.1) is 0 Å². The molecule has 0 spiro atoms. The number of rotatable bonds is 7. The average Bonchev–Trinajstić information content (AvgIpc) is 3.63. The predicted molar refractivity (Wildman–Crippen MR) is 228 cm³/mol. The van der Waals surface area contributed by atoms with E-state index in [9.17, 15) is 0 Å². The van der Waals surface area contributed by atoms with E-state index < -0.39 is 0 Å². The van der Waals surface area contributed by atoms with Crippen molar-refractivity contribution in [3.05, 3.63) is 212 Å². The van der Waals surface area contributed by atoms with Gasteiger partial charge in [0.15, 0.2) is 0 Å². The highest BCUT2D eigenvalue weighted by Gasteiger charge is 2.16. The van der Waals surface area contributed by atoms with Crippen LogP contribution in [0.4, 0.5) is 17.1 Å². The van der Waals surface area contributed by atoms with Crippen LogP contribution in [-0.4, -0.2) is 0 Å². The van der Waals surface area contributed by atoms with Crippen LogP contribution in [0, 0.1) is 0 Å². The van der Waals surface area contributed by atoms with E-state index in [1.165, 1.54) is 44.2 Å². The smallest absolute Gasteiger partial charge is 0.135 e. The van der Waals surface area contributed by atoms with Crippen molar-refractivity contribution in [2.45, 2.75) is 0 Å². The van der Waals surface area contributed by atoms with Gasteiger partial charge in [-0.05, 0) is 116 Å². The zero-order valence-electron chi connectivity index (χ0n) is 29.6. The van der Waals surface area contributed by atoms with Gasteiger partial charge in [-0.2, -0.15) is 0 Å². The Morgan fingerprint density at radius 3 is 1.46 bits per heavy atom. The van der Waals surface area contributed by atoms with Crippen molar-refractivity contribution in [1.82, 2.24) is 0 Å². The lowest BCUT2D eigenvalue weighted by molar-refractivity contribution is 0.669. The molecule has 0 aliphatic carbocycles. The fourth-order valence-corrected chi connectivity index (χ4v) is 7.64. The second kappa shape index (κ2) is 13.4. The van der Waals surface area contributed by atoms with Gasteiger partial charge in [-0.15, -0.1) is 0 Å². The minimum absolute atomic E-state index is 0.902. The summed E-state index contributed by atoms with van der Waals surface area (Å²) in [5.74, 6) is 0. The van der Waals surface area contributed by atoms with Gasteiger partial charge in [0.25, 0.3) is 0 Å². The van der Waals surface area contributed by atoms with E-state index in [0.29, 0.717) is 0 Å². The van der Waals surface area contributed by atoms with E-state index in [0.717, 1.165) is 50.1 Å². The summed E-state index contributed by atoms with van der Waals surface area (Å²) >= 11 is 0. The second-order valence-corrected chi connectivity index (χ2v) is 13.8. The van der Waals surface area contributed by atoms with Crippen molar-refractivity contribution in [1.29, 1.82) is 0 Å². The van der Waals surface area contributed by atoms with Crippen LogP contribution < -0.4 is 4.90 Å². The maximum atomic E-state index is 6.14. The van der Waals surface area contributed by atoms with E-state index in [1.807, 2.05) is 12.1 Å². The van der Waals surface area contributed by atoms with Crippen LogP contribution in [0.15, 0.2) is 217 Å². The number of benzene rings is 9. The first-order valence-electron chi connectivity index (χ1n) is 18.4. The topological polar surface area (TPSA) is 16.4 Å². The van der Waals surface area contributed by atoms with Crippen molar-refractivity contribution in [2.24, 2.45) is 0 Å². The molecule has 0 amide bonds. The summed E-state index contributed by atoms with van der Waals surface area (Å²) in [5, 5.41) is 4.75. The highest BCUT2D eigenvalue weighted by molar-refractivity contribution is 6.06. The Kier molecular flexibility index (Phi) is 7.85. The number of nitrogens with zero attached hydrogens (tertiary/aromatic N) is 1. The Bertz CT molecular complexity index is 2900. The van der Waals surface area contributed by atoms with Crippen LogP contribution in [0.2, 0.25) is 0 Å². The summed E-state index contributed by atoms with van der Waals surface area (Å²) in [6, 6.07) is 76.0. The molecule has 2 heteroatoms. The highest BCUT2D eigenvalue weighted by atomic mass is 16.3. The lowest BCUT2D eigenvalue weighted by Gasteiger charge is -2.26. The fourth-order valence-electron chi connectivity index (χ4n) is 7.64.